The number of hydrogen-bond donors (Lipinski definition) is 2. The number of nitrogens with zero attached hydrogens (tertiary/aromatic N) is 1. The maximum Gasteiger partial charge on any atom is 0.335 e. The molecular weight excluding hydrogens is 359 g/mol. The quantitative estimate of drug-likeness (QED) is 0.858. The van der Waals surface area contributed by atoms with Gasteiger partial charge in [0.25, 0.3) is 5.91 Å². The van der Waals surface area contributed by atoms with Gasteiger partial charge in [0.15, 0.2) is 0 Å². The number of carboxylic acid groups (broad SMARTS) is 1. The Hall–Kier alpha value is -2.74. The molecule has 1 aromatic heterocycles. The fourth-order valence-corrected chi connectivity index (χ4v) is 3.63. The fraction of sp³-hybridized carbons (Fsp3) is 0.278. The molecular formula is C18H17FN2O4S. The van der Waals surface area contributed by atoms with Crippen LogP contribution in [0.4, 0.5) is 10.1 Å². The molecule has 1 aromatic carbocycles. The van der Waals surface area contributed by atoms with E-state index in [0.29, 0.717) is 17.8 Å². The molecule has 0 bridgehead atoms. The number of likely N-dealkylation sites (tertiary alicyclic amines) is 1. The maximum atomic E-state index is 14.1. The van der Waals surface area contributed by atoms with Crippen LogP contribution in [0.2, 0.25) is 0 Å². The van der Waals surface area contributed by atoms with E-state index in [4.69, 9.17) is 5.11 Å². The van der Waals surface area contributed by atoms with Gasteiger partial charge in [0.2, 0.25) is 5.91 Å². The minimum atomic E-state index is -1.25. The van der Waals surface area contributed by atoms with Crippen molar-refractivity contribution in [3.05, 3.63) is 52.0 Å². The number of amides is 2. The minimum absolute atomic E-state index is 0.103. The molecule has 8 heteroatoms. The second-order valence-electron chi connectivity index (χ2n) is 5.98. The van der Waals surface area contributed by atoms with Gasteiger partial charge in [-0.2, -0.15) is 0 Å². The monoisotopic (exact) mass is 376 g/mol. The third-order valence-electron chi connectivity index (χ3n) is 4.27. The van der Waals surface area contributed by atoms with E-state index in [1.165, 1.54) is 28.4 Å². The lowest BCUT2D eigenvalue weighted by Gasteiger charge is -2.34. The van der Waals surface area contributed by atoms with Crippen LogP contribution < -0.4 is 5.32 Å². The van der Waals surface area contributed by atoms with Gasteiger partial charge in [0.05, 0.1) is 16.1 Å². The average Bonchev–Trinajstić information content (AvgIpc) is 3.17. The van der Waals surface area contributed by atoms with E-state index in [9.17, 15) is 18.8 Å². The third-order valence-corrected chi connectivity index (χ3v) is 5.13. The van der Waals surface area contributed by atoms with E-state index in [-0.39, 0.29) is 17.2 Å². The van der Waals surface area contributed by atoms with Gasteiger partial charge in [-0.1, -0.05) is 6.07 Å². The summed E-state index contributed by atoms with van der Waals surface area (Å²) in [5.74, 6) is -2.76. The smallest absolute Gasteiger partial charge is 0.335 e. The molecule has 2 heterocycles. The summed E-state index contributed by atoms with van der Waals surface area (Å²) >= 11 is 1.31. The van der Waals surface area contributed by atoms with Crippen LogP contribution in [-0.4, -0.2) is 40.4 Å². The summed E-state index contributed by atoms with van der Waals surface area (Å²) in [7, 11) is 0. The third kappa shape index (κ3) is 3.75. The lowest BCUT2D eigenvalue weighted by Crippen LogP contribution is -2.49. The maximum absolute atomic E-state index is 14.1. The number of rotatable bonds is 4. The number of nitrogens with one attached hydrogen (secondary N) is 1. The first-order chi connectivity index (χ1) is 12.5. The normalized spacial score (nSPS) is 17.0. The van der Waals surface area contributed by atoms with Crippen molar-refractivity contribution >= 4 is 34.8 Å². The van der Waals surface area contributed by atoms with Crippen LogP contribution in [-0.2, 0) is 4.79 Å². The zero-order valence-corrected chi connectivity index (χ0v) is 14.6. The van der Waals surface area contributed by atoms with Crippen LogP contribution in [0.1, 0.15) is 39.3 Å². The zero-order valence-electron chi connectivity index (χ0n) is 13.8. The zero-order chi connectivity index (χ0) is 18.7. The van der Waals surface area contributed by atoms with Crippen molar-refractivity contribution in [3.63, 3.8) is 0 Å². The van der Waals surface area contributed by atoms with Gasteiger partial charge in [-0.3, -0.25) is 9.59 Å². The Morgan fingerprint density at radius 1 is 1.23 bits per heavy atom. The molecule has 0 aliphatic carbocycles. The Balaban J connectivity index is 1.77. The SMILES string of the molecule is O=C(O)c1ccc(NC(=O)C2CCCCN2C(=O)c2cccs2)c(F)c1. The van der Waals surface area contributed by atoms with E-state index < -0.39 is 23.7 Å². The highest BCUT2D eigenvalue weighted by molar-refractivity contribution is 7.12. The summed E-state index contributed by atoms with van der Waals surface area (Å²) in [6.45, 7) is 0.468. The fourth-order valence-electron chi connectivity index (χ4n) is 2.95. The molecule has 2 N–H and O–H groups in total. The van der Waals surface area contributed by atoms with Gasteiger partial charge in [-0.15, -0.1) is 11.3 Å². The number of carboxylic acids is 1. The molecule has 0 spiro atoms. The van der Waals surface area contributed by atoms with Crippen LogP contribution in [0.3, 0.4) is 0 Å². The van der Waals surface area contributed by atoms with Crippen molar-refractivity contribution < 1.29 is 23.9 Å². The number of hydrogen-bond acceptors (Lipinski definition) is 4. The van der Waals surface area contributed by atoms with Crippen molar-refractivity contribution in [1.82, 2.24) is 4.90 Å². The van der Waals surface area contributed by atoms with Gasteiger partial charge in [-0.05, 0) is 48.9 Å². The van der Waals surface area contributed by atoms with Gasteiger partial charge in [0, 0.05) is 6.54 Å². The van der Waals surface area contributed by atoms with Crippen LogP contribution >= 0.6 is 11.3 Å². The Labute approximate surface area is 153 Å². The first-order valence-electron chi connectivity index (χ1n) is 8.15. The van der Waals surface area contributed by atoms with Gasteiger partial charge in [-0.25, -0.2) is 9.18 Å². The summed E-state index contributed by atoms with van der Waals surface area (Å²) in [5.41, 5.74) is -0.304. The number of thiophene rings is 1. The lowest BCUT2D eigenvalue weighted by molar-refractivity contribution is -0.121. The number of benzene rings is 1. The number of anilines is 1. The van der Waals surface area contributed by atoms with Crippen LogP contribution in [0, 0.1) is 5.82 Å². The molecule has 2 amide bonds. The number of piperidine rings is 1. The standard InChI is InChI=1S/C18H17FN2O4S/c19-12-10-11(18(24)25)6-7-13(12)20-16(22)14-4-1-2-8-21(14)17(23)15-5-3-9-26-15/h3,5-7,9-10,14H,1-2,4,8H2,(H,20,22)(H,24,25). The molecule has 2 aromatic rings. The van der Waals surface area contributed by atoms with Crippen molar-refractivity contribution in [2.75, 3.05) is 11.9 Å². The predicted octanol–water partition coefficient (Wildman–Crippen LogP) is 3.22. The minimum Gasteiger partial charge on any atom is -0.478 e. The molecule has 0 saturated carbocycles. The summed E-state index contributed by atoms with van der Waals surface area (Å²) < 4.78 is 14.1. The van der Waals surface area contributed by atoms with Crippen LogP contribution in [0.5, 0.6) is 0 Å². The lowest BCUT2D eigenvalue weighted by atomic mass is 10.0. The number of halogens is 1. The van der Waals surface area contributed by atoms with E-state index >= 15 is 0 Å². The summed E-state index contributed by atoms with van der Waals surface area (Å²) in [6.07, 6.45) is 2.10. The molecule has 136 valence electrons. The Morgan fingerprint density at radius 2 is 2.04 bits per heavy atom. The average molecular weight is 376 g/mol. The summed E-state index contributed by atoms with van der Waals surface area (Å²) in [5, 5.41) is 13.2. The van der Waals surface area contributed by atoms with Crippen molar-refractivity contribution in [3.8, 4) is 0 Å². The number of carbonyl (C=O) groups excluding carboxylic acids is 2. The Bertz CT molecular complexity index is 838. The molecule has 1 aliphatic rings. The summed E-state index contributed by atoms with van der Waals surface area (Å²) in [4.78, 5) is 38.2. The highest BCUT2D eigenvalue weighted by Crippen LogP contribution is 2.24. The largest absolute Gasteiger partial charge is 0.478 e. The van der Waals surface area contributed by atoms with Gasteiger partial charge >= 0.3 is 5.97 Å². The van der Waals surface area contributed by atoms with Gasteiger partial charge < -0.3 is 15.3 Å². The molecule has 0 radical (unpaired) electrons. The molecule has 1 fully saturated rings. The summed E-state index contributed by atoms with van der Waals surface area (Å²) in [6, 6.07) is 6.09. The predicted molar refractivity (Wildman–Crippen MR) is 95.0 cm³/mol. The topological polar surface area (TPSA) is 86.7 Å². The van der Waals surface area contributed by atoms with E-state index in [1.807, 2.05) is 0 Å². The molecule has 1 atom stereocenters. The van der Waals surface area contributed by atoms with E-state index in [0.717, 1.165) is 18.9 Å². The molecule has 26 heavy (non-hydrogen) atoms. The number of aromatic carboxylic acids is 1. The van der Waals surface area contributed by atoms with Gasteiger partial charge in [0.1, 0.15) is 11.9 Å². The van der Waals surface area contributed by atoms with Crippen LogP contribution in [0.25, 0.3) is 0 Å². The molecule has 1 unspecified atom stereocenters. The molecule has 6 nitrogen and oxygen atoms in total. The Kier molecular flexibility index (Phi) is 5.32. The Morgan fingerprint density at radius 3 is 2.69 bits per heavy atom. The van der Waals surface area contributed by atoms with E-state index in [2.05, 4.69) is 5.32 Å². The first-order valence-corrected chi connectivity index (χ1v) is 9.03. The van der Waals surface area contributed by atoms with Crippen molar-refractivity contribution in [2.45, 2.75) is 25.3 Å². The highest BCUT2D eigenvalue weighted by Gasteiger charge is 2.33. The second kappa shape index (κ2) is 7.65. The molecule has 3 rings (SSSR count). The molecule has 1 saturated heterocycles. The van der Waals surface area contributed by atoms with Crippen LogP contribution in [0.15, 0.2) is 35.7 Å². The second-order valence-corrected chi connectivity index (χ2v) is 6.92. The first kappa shape index (κ1) is 18.1. The van der Waals surface area contributed by atoms with E-state index in [1.54, 1.807) is 17.5 Å². The highest BCUT2D eigenvalue weighted by atomic mass is 32.1. The number of carbonyl (C=O) groups is 3. The molecule has 1 aliphatic heterocycles. The van der Waals surface area contributed by atoms with Crippen molar-refractivity contribution in [2.24, 2.45) is 0 Å². The van der Waals surface area contributed by atoms with Crippen molar-refractivity contribution in [1.29, 1.82) is 0 Å².